The average molecular weight is 291 g/mol. The molecule has 110 valence electrons. The Labute approximate surface area is 113 Å². The first-order chi connectivity index (χ1) is 8.42. The van der Waals surface area contributed by atoms with Gasteiger partial charge in [0.05, 0.1) is 5.41 Å². The number of hydrogen-bond acceptors (Lipinski definition) is 4. The van der Waals surface area contributed by atoms with E-state index in [1.165, 1.54) is 18.7 Å². The number of likely N-dealkylation sites (tertiary alicyclic amines) is 1. The Balaban J connectivity index is 2.99. The third kappa shape index (κ3) is 2.91. The van der Waals surface area contributed by atoms with E-state index in [-0.39, 0.29) is 6.54 Å². The van der Waals surface area contributed by atoms with Gasteiger partial charge in [0.15, 0.2) is 9.84 Å². The van der Waals surface area contributed by atoms with Crippen molar-refractivity contribution < 1.29 is 23.1 Å². The molecule has 1 unspecified atom stereocenters. The fourth-order valence-electron chi connectivity index (χ4n) is 2.13. The van der Waals surface area contributed by atoms with E-state index in [1.807, 2.05) is 0 Å². The first-order valence-corrected chi connectivity index (χ1v) is 8.03. The van der Waals surface area contributed by atoms with Crippen molar-refractivity contribution in [3.63, 3.8) is 0 Å². The van der Waals surface area contributed by atoms with E-state index in [1.54, 1.807) is 6.92 Å². The molecule has 0 saturated carbocycles. The summed E-state index contributed by atoms with van der Waals surface area (Å²) in [6.45, 7) is 4.76. The first kappa shape index (κ1) is 15.9. The smallest absolute Gasteiger partial charge is 0.311 e. The lowest BCUT2D eigenvalue weighted by molar-refractivity contribution is -0.153. The molecular formula is C12H21NO5S. The van der Waals surface area contributed by atoms with Crippen LogP contribution in [0.4, 0.5) is 0 Å². The molecule has 0 aromatic carbocycles. The highest BCUT2D eigenvalue weighted by atomic mass is 32.2. The Kier molecular flexibility index (Phi) is 4.01. The summed E-state index contributed by atoms with van der Waals surface area (Å²) in [6.07, 6.45) is 2.07. The summed E-state index contributed by atoms with van der Waals surface area (Å²) in [5.74, 6) is -1.48. The van der Waals surface area contributed by atoms with Gasteiger partial charge in [-0.2, -0.15) is 0 Å². The zero-order valence-corrected chi connectivity index (χ0v) is 12.6. The van der Waals surface area contributed by atoms with Gasteiger partial charge in [-0.1, -0.05) is 0 Å². The van der Waals surface area contributed by atoms with E-state index in [9.17, 15) is 23.1 Å². The molecule has 0 aliphatic carbocycles. The third-order valence-electron chi connectivity index (χ3n) is 3.94. The number of amides is 1. The van der Waals surface area contributed by atoms with Crippen LogP contribution in [0.15, 0.2) is 0 Å². The summed E-state index contributed by atoms with van der Waals surface area (Å²) in [6, 6.07) is 0. The van der Waals surface area contributed by atoms with Crippen LogP contribution in [-0.2, 0) is 19.4 Å². The minimum Gasteiger partial charge on any atom is -0.481 e. The van der Waals surface area contributed by atoms with Crippen molar-refractivity contribution in [3.8, 4) is 0 Å². The zero-order chi connectivity index (χ0) is 15.1. The number of hydrogen-bond donors (Lipinski definition) is 1. The van der Waals surface area contributed by atoms with Gasteiger partial charge in [-0.05, 0) is 33.6 Å². The number of aliphatic carboxylic acids is 1. The molecule has 0 spiro atoms. The Morgan fingerprint density at radius 3 is 2.26 bits per heavy atom. The van der Waals surface area contributed by atoms with Crippen LogP contribution in [0, 0.1) is 5.41 Å². The molecule has 1 N–H and O–H groups in total. The van der Waals surface area contributed by atoms with Crippen LogP contribution in [0.1, 0.15) is 33.6 Å². The summed E-state index contributed by atoms with van der Waals surface area (Å²) < 4.78 is 21.8. The van der Waals surface area contributed by atoms with E-state index in [0.717, 1.165) is 6.26 Å². The molecule has 1 atom stereocenters. The van der Waals surface area contributed by atoms with Gasteiger partial charge < -0.3 is 10.0 Å². The monoisotopic (exact) mass is 291 g/mol. The highest BCUT2D eigenvalue weighted by molar-refractivity contribution is 7.92. The molecule has 1 aliphatic rings. The Morgan fingerprint density at radius 1 is 1.32 bits per heavy atom. The quantitative estimate of drug-likeness (QED) is 0.818. The van der Waals surface area contributed by atoms with Crippen molar-refractivity contribution in [3.05, 3.63) is 0 Å². The van der Waals surface area contributed by atoms with E-state index >= 15 is 0 Å². The van der Waals surface area contributed by atoms with Gasteiger partial charge >= 0.3 is 5.97 Å². The lowest BCUT2D eigenvalue weighted by Crippen LogP contribution is -2.55. The summed E-state index contributed by atoms with van der Waals surface area (Å²) in [5.41, 5.74) is -0.999. The van der Waals surface area contributed by atoms with E-state index in [0.29, 0.717) is 19.4 Å². The van der Waals surface area contributed by atoms with Crippen LogP contribution in [0.5, 0.6) is 0 Å². The van der Waals surface area contributed by atoms with Gasteiger partial charge in [0.1, 0.15) is 4.75 Å². The number of sulfone groups is 1. The molecule has 19 heavy (non-hydrogen) atoms. The van der Waals surface area contributed by atoms with Crippen LogP contribution in [-0.4, -0.2) is 54.4 Å². The number of carbonyl (C=O) groups is 2. The lowest BCUT2D eigenvalue weighted by atomic mass is 9.81. The van der Waals surface area contributed by atoms with Crippen molar-refractivity contribution in [2.45, 2.75) is 38.4 Å². The number of nitrogens with zero attached hydrogens (tertiary/aromatic N) is 1. The van der Waals surface area contributed by atoms with Gasteiger partial charge in [0, 0.05) is 19.3 Å². The van der Waals surface area contributed by atoms with Crippen molar-refractivity contribution >= 4 is 21.7 Å². The Bertz CT molecular complexity index is 496. The normalized spacial score (nSPS) is 25.2. The average Bonchev–Trinajstić information content (AvgIpc) is 2.26. The molecule has 1 amide bonds. The SMILES string of the molecule is CC1(C(=O)O)CCCN(C(=O)C(C)(C)S(C)(=O)=O)C1. The fourth-order valence-corrected chi connectivity index (χ4v) is 2.57. The Morgan fingerprint density at radius 2 is 1.84 bits per heavy atom. The van der Waals surface area contributed by atoms with Crippen LogP contribution in [0.3, 0.4) is 0 Å². The summed E-state index contributed by atoms with van der Waals surface area (Å²) in [4.78, 5) is 24.9. The number of carboxylic acids is 1. The number of rotatable bonds is 3. The molecule has 1 rings (SSSR count). The molecule has 0 bridgehead atoms. The molecule has 6 nitrogen and oxygen atoms in total. The van der Waals surface area contributed by atoms with Crippen LogP contribution >= 0.6 is 0 Å². The van der Waals surface area contributed by atoms with Crippen molar-refractivity contribution in [2.24, 2.45) is 5.41 Å². The highest BCUT2D eigenvalue weighted by Gasteiger charge is 2.46. The second-order valence-electron chi connectivity index (χ2n) is 5.98. The summed E-state index contributed by atoms with van der Waals surface area (Å²) in [5, 5.41) is 9.20. The van der Waals surface area contributed by atoms with Gasteiger partial charge in [0.2, 0.25) is 5.91 Å². The molecule has 0 aromatic heterocycles. The first-order valence-electron chi connectivity index (χ1n) is 6.14. The second kappa shape index (κ2) is 4.77. The van der Waals surface area contributed by atoms with Gasteiger partial charge in [-0.15, -0.1) is 0 Å². The minimum absolute atomic E-state index is 0.0557. The lowest BCUT2D eigenvalue weighted by Gasteiger charge is -2.40. The van der Waals surface area contributed by atoms with Crippen LogP contribution in [0.2, 0.25) is 0 Å². The summed E-state index contributed by atoms with van der Waals surface area (Å²) >= 11 is 0. The number of piperidine rings is 1. The van der Waals surface area contributed by atoms with Crippen molar-refractivity contribution in [1.82, 2.24) is 4.90 Å². The van der Waals surface area contributed by atoms with Crippen LogP contribution < -0.4 is 0 Å². The van der Waals surface area contributed by atoms with Crippen molar-refractivity contribution in [2.75, 3.05) is 19.3 Å². The topological polar surface area (TPSA) is 91.8 Å². The Hall–Kier alpha value is -1.11. The van der Waals surface area contributed by atoms with Crippen molar-refractivity contribution in [1.29, 1.82) is 0 Å². The van der Waals surface area contributed by atoms with Gasteiger partial charge in [0.25, 0.3) is 0 Å². The third-order valence-corrected chi connectivity index (χ3v) is 5.97. The zero-order valence-electron chi connectivity index (χ0n) is 11.8. The molecule has 0 radical (unpaired) electrons. The molecule has 1 aliphatic heterocycles. The molecule has 7 heteroatoms. The van der Waals surface area contributed by atoms with E-state index < -0.39 is 31.9 Å². The van der Waals surface area contributed by atoms with E-state index in [2.05, 4.69) is 0 Å². The van der Waals surface area contributed by atoms with Crippen LogP contribution in [0.25, 0.3) is 0 Å². The maximum Gasteiger partial charge on any atom is 0.311 e. The molecular weight excluding hydrogens is 270 g/mol. The maximum atomic E-state index is 12.3. The largest absolute Gasteiger partial charge is 0.481 e. The standard InChI is InChI=1S/C12H21NO5S/c1-11(2,19(4,17)18)9(14)13-7-5-6-12(3,8-13)10(15)16/h5-8H2,1-4H3,(H,15,16). The molecule has 1 heterocycles. The fraction of sp³-hybridized carbons (Fsp3) is 0.833. The predicted molar refractivity (Wildman–Crippen MR) is 70.5 cm³/mol. The van der Waals surface area contributed by atoms with Gasteiger partial charge in [-0.25, -0.2) is 8.42 Å². The summed E-state index contributed by atoms with van der Waals surface area (Å²) in [7, 11) is -3.55. The molecule has 0 aromatic rings. The minimum atomic E-state index is -3.55. The van der Waals surface area contributed by atoms with E-state index in [4.69, 9.17) is 0 Å². The molecule has 1 saturated heterocycles. The van der Waals surface area contributed by atoms with Gasteiger partial charge in [-0.3, -0.25) is 9.59 Å². The number of carbonyl (C=O) groups excluding carboxylic acids is 1. The second-order valence-corrected chi connectivity index (χ2v) is 8.54. The maximum absolute atomic E-state index is 12.3. The predicted octanol–water partition coefficient (Wildman–Crippen LogP) is 0.523. The highest BCUT2D eigenvalue weighted by Crippen LogP contribution is 2.31. The molecule has 1 fully saturated rings. The number of carboxylic acid groups (broad SMARTS) is 1.